The molecule has 0 fully saturated rings. The maximum absolute atomic E-state index is 8.76. The Morgan fingerprint density at radius 1 is 1.00 bits per heavy atom. The predicted octanol–water partition coefficient (Wildman–Crippen LogP) is 4.62. The summed E-state index contributed by atoms with van der Waals surface area (Å²) in [4.78, 5) is 0. The van der Waals surface area contributed by atoms with E-state index in [1.165, 1.54) is 22.3 Å². The Morgan fingerprint density at radius 3 is 2.09 bits per heavy atom. The molecule has 3 nitrogen and oxygen atoms in total. The Bertz CT molecular complexity index is 779. The first-order chi connectivity index (χ1) is 11.0. The van der Waals surface area contributed by atoms with Gasteiger partial charge < -0.3 is 4.74 Å². The number of hydrogen-bond acceptors (Lipinski definition) is 3. The largest absolute Gasteiger partial charge is 0.489 e. The fourth-order valence-corrected chi connectivity index (χ4v) is 2.51. The fraction of sp³-hybridized carbons (Fsp3) is 0.200. The highest BCUT2D eigenvalue weighted by Gasteiger charge is 2.05. The molecule has 0 aliphatic rings. The van der Waals surface area contributed by atoms with Gasteiger partial charge in [-0.05, 0) is 61.2 Å². The normalized spacial score (nSPS) is 9.61. The van der Waals surface area contributed by atoms with Gasteiger partial charge in [0, 0.05) is 0 Å². The van der Waals surface area contributed by atoms with E-state index in [4.69, 9.17) is 15.3 Å². The van der Waals surface area contributed by atoms with Gasteiger partial charge in [-0.3, -0.25) is 0 Å². The third-order valence-corrected chi connectivity index (χ3v) is 3.66. The van der Waals surface area contributed by atoms with Crippen molar-refractivity contribution in [2.45, 2.75) is 27.4 Å². The molecule has 114 valence electrons. The summed E-state index contributed by atoms with van der Waals surface area (Å²) in [5.74, 6) is 0.761. The van der Waals surface area contributed by atoms with Crippen molar-refractivity contribution in [2.75, 3.05) is 0 Å². The molecule has 0 amide bonds. The Balaban J connectivity index is 2.10. The van der Waals surface area contributed by atoms with Gasteiger partial charge in [-0.1, -0.05) is 29.8 Å². The van der Waals surface area contributed by atoms with E-state index in [2.05, 4.69) is 32.9 Å². The van der Waals surface area contributed by atoms with Crippen molar-refractivity contribution in [3.05, 3.63) is 69.8 Å². The van der Waals surface area contributed by atoms with Crippen LogP contribution in [0.3, 0.4) is 0 Å². The lowest BCUT2D eigenvalue weighted by atomic mass is 10.0. The standard InChI is InChI=1S/C20H18N2O/c1-14-8-15(2)20(16(3)9-14)13-23-19-6-4-17(5-7-19)10-18(11-21)12-22/h4-10H,13H2,1-3H3. The van der Waals surface area contributed by atoms with Crippen LogP contribution in [0.25, 0.3) is 6.08 Å². The topological polar surface area (TPSA) is 56.8 Å². The molecule has 2 rings (SSSR count). The number of nitriles is 2. The molecule has 0 radical (unpaired) electrons. The van der Waals surface area contributed by atoms with Crippen molar-refractivity contribution in [3.63, 3.8) is 0 Å². The first kappa shape index (κ1) is 16.3. The number of aryl methyl sites for hydroxylation is 3. The molecular weight excluding hydrogens is 284 g/mol. The van der Waals surface area contributed by atoms with Gasteiger partial charge >= 0.3 is 0 Å². The van der Waals surface area contributed by atoms with Crippen molar-refractivity contribution in [1.82, 2.24) is 0 Å². The summed E-state index contributed by atoms with van der Waals surface area (Å²) in [5.41, 5.74) is 5.81. The van der Waals surface area contributed by atoms with Crippen LogP contribution in [0.5, 0.6) is 5.75 Å². The highest BCUT2D eigenvalue weighted by molar-refractivity contribution is 5.62. The van der Waals surface area contributed by atoms with Crippen LogP contribution in [-0.4, -0.2) is 0 Å². The van der Waals surface area contributed by atoms with Crippen LogP contribution in [0.1, 0.15) is 27.8 Å². The molecule has 3 heteroatoms. The molecule has 0 saturated heterocycles. The molecule has 0 heterocycles. The average Bonchev–Trinajstić information content (AvgIpc) is 2.53. The van der Waals surface area contributed by atoms with E-state index in [9.17, 15) is 0 Å². The van der Waals surface area contributed by atoms with Crippen molar-refractivity contribution in [3.8, 4) is 17.9 Å². The Morgan fingerprint density at radius 2 is 1.57 bits per heavy atom. The Hall–Kier alpha value is -3.04. The smallest absolute Gasteiger partial charge is 0.130 e. The zero-order valence-electron chi connectivity index (χ0n) is 13.6. The minimum Gasteiger partial charge on any atom is -0.489 e. The Kier molecular flexibility index (Phi) is 5.18. The van der Waals surface area contributed by atoms with Gasteiger partial charge in [0.2, 0.25) is 0 Å². The predicted molar refractivity (Wildman–Crippen MR) is 90.6 cm³/mol. The second kappa shape index (κ2) is 7.29. The second-order valence-electron chi connectivity index (χ2n) is 5.52. The van der Waals surface area contributed by atoms with Crippen molar-refractivity contribution in [2.24, 2.45) is 0 Å². The highest BCUT2D eigenvalue weighted by Crippen LogP contribution is 2.20. The van der Waals surface area contributed by atoms with E-state index in [0.29, 0.717) is 6.61 Å². The maximum atomic E-state index is 8.76. The van der Waals surface area contributed by atoms with E-state index in [-0.39, 0.29) is 5.57 Å². The molecular formula is C20H18N2O. The molecule has 2 aromatic carbocycles. The van der Waals surface area contributed by atoms with E-state index in [0.717, 1.165) is 11.3 Å². The molecule has 0 aliphatic heterocycles. The third kappa shape index (κ3) is 4.22. The number of ether oxygens (including phenoxy) is 1. The van der Waals surface area contributed by atoms with E-state index in [1.807, 2.05) is 36.4 Å². The number of benzene rings is 2. The summed E-state index contributed by atoms with van der Waals surface area (Å²) < 4.78 is 5.86. The second-order valence-corrected chi connectivity index (χ2v) is 5.52. The molecule has 0 unspecified atom stereocenters. The molecule has 0 aliphatic carbocycles. The maximum Gasteiger partial charge on any atom is 0.130 e. The van der Waals surface area contributed by atoms with Gasteiger partial charge in [0.1, 0.15) is 30.1 Å². The monoisotopic (exact) mass is 302 g/mol. The summed E-state index contributed by atoms with van der Waals surface area (Å²) in [7, 11) is 0. The highest BCUT2D eigenvalue weighted by atomic mass is 16.5. The zero-order valence-corrected chi connectivity index (χ0v) is 13.6. The molecule has 0 atom stereocenters. The average molecular weight is 302 g/mol. The van der Waals surface area contributed by atoms with Crippen LogP contribution >= 0.6 is 0 Å². The van der Waals surface area contributed by atoms with E-state index < -0.39 is 0 Å². The van der Waals surface area contributed by atoms with Crippen LogP contribution in [0.15, 0.2) is 42.0 Å². The number of nitrogens with zero attached hydrogens (tertiary/aromatic N) is 2. The van der Waals surface area contributed by atoms with Gasteiger partial charge in [0.05, 0.1) is 0 Å². The van der Waals surface area contributed by atoms with E-state index >= 15 is 0 Å². The lowest BCUT2D eigenvalue weighted by Gasteiger charge is -2.13. The lowest BCUT2D eigenvalue weighted by molar-refractivity contribution is 0.304. The van der Waals surface area contributed by atoms with E-state index in [1.54, 1.807) is 6.08 Å². The van der Waals surface area contributed by atoms with Crippen LogP contribution in [-0.2, 0) is 6.61 Å². The molecule has 2 aromatic rings. The van der Waals surface area contributed by atoms with Crippen molar-refractivity contribution < 1.29 is 4.74 Å². The first-order valence-corrected chi connectivity index (χ1v) is 7.35. The summed E-state index contributed by atoms with van der Waals surface area (Å²) >= 11 is 0. The molecule has 0 N–H and O–H groups in total. The lowest BCUT2D eigenvalue weighted by Crippen LogP contribution is -2.01. The summed E-state index contributed by atoms with van der Waals surface area (Å²) in [6.07, 6.45) is 1.55. The zero-order chi connectivity index (χ0) is 16.8. The molecule has 0 aromatic heterocycles. The van der Waals surface area contributed by atoms with Gasteiger partial charge in [0.15, 0.2) is 0 Å². The van der Waals surface area contributed by atoms with Gasteiger partial charge in [-0.25, -0.2) is 0 Å². The third-order valence-electron chi connectivity index (χ3n) is 3.66. The minimum absolute atomic E-state index is 0.0876. The number of hydrogen-bond donors (Lipinski definition) is 0. The first-order valence-electron chi connectivity index (χ1n) is 7.35. The summed E-state index contributed by atoms with van der Waals surface area (Å²) in [5, 5.41) is 17.5. The SMILES string of the molecule is Cc1cc(C)c(COc2ccc(C=C(C#N)C#N)cc2)c(C)c1. The van der Waals surface area contributed by atoms with Crippen LogP contribution in [0, 0.1) is 43.4 Å². The van der Waals surface area contributed by atoms with Gasteiger partial charge in [0.25, 0.3) is 0 Å². The molecule has 0 spiro atoms. The quantitative estimate of drug-likeness (QED) is 0.774. The van der Waals surface area contributed by atoms with Crippen molar-refractivity contribution >= 4 is 6.08 Å². The van der Waals surface area contributed by atoms with Crippen LogP contribution in [0.4, 0.5) is 0 Å². The fourth-order valence-electron chi connectivity index (χ4n) is 2.51. The van der Waals surface area contributed by atoms with Crippen LogP contribution < -0.4 is 4.74 Å². The van der Waals surface area contributed by atoms with Gasteiger partial charge in [-0.15, -0.1) is 0 Å². The number of rotatable bonds is 4. The van der Waals surface area contributed by atoms with Crippen molar-refractivity contribution in [1.29, 1.82) is 10.5 Å². The summed E-state index contributed by atoms with van der Waals surface area (Å²) in [6.45, 7) is 6.80. The van der Waals surface area contributed by atoms with Crippen LogP contribution in [0.2, 0.25) is 0 Å². The molecule has 0 bridgehead atoms. The minimum atomic E-state index is 0.0876. The summed E-state index contributed by atoms with van der Waals surface area (Å²) in [6, 6.07) is 15.4. The molecule has 0 saturated carbocycles. The number of allylic oxidation sites excluding steroid dienone is 1. The van der Waals surface area contributed by atoms with Gasteiger partial charge in [-0.2, -0.15) is 10.5 Å². The molecule has 23 heavy (non-hydrogen) atoms. The Labute approximate surface area is 137 Å².